The Morgan fingerprint density at radius 2 is 2.10 bits per heavy atom. The second-order valence-electron chi connectivity index (χ2n) is 4.03. The lowest BCUT2D eigenvalue weighted by Crippen LogP contribution is -2.34. The van der Waals surface area contributed by atoms with Crippen LogP contribution in [0.2, 0.25) is 0 Å². The number of nitrogens with zero attached hydrogens (tertiary/aromatic N) is 1. The largest absolute Gasteiger partial charge is 0.348 e. The lowest BCUT2D eigenvalue weighted by atomic mass is 10.1. The van der Waals surface area contributed by atoms with E-state index < -0.39 is 33.7 Å². The second kappa shape index (κ2) is 6.61. The van der Waals surface area contributed by atoms with Crippen molar-refractivity contribution in [3.05, 3.63) is 39.4 Å². The van der Waals surface area contributed by atoms with Crippen molar-refractivity contribution < 1.29 is 18.5 Å². The third-order valence-corrected chi connectivity index (χ3v) is 2.67. The molecule has 1 rings (SSSR count). The van der Waals surface area contributed by atoms with Crippen LogP contribution in [0.15, 0.2) is 12.1 Å². The van der Waals surface area contributed by atoms with Gasteiger partial charge in [0.05, 0.1) is 11.0 Å². The van der Waals surface area contributed by atoms with E-state index in [9.17, 15) is 23.7 Å². The normalized spacial score (nSPS) is 11.5. The molecule has 7 heteroatoms. The number of rotatable bonds is 5. The maximum atomic E-state index is 13.1. The summed E-state index contributed by atoms with van der Waals surface area (Å²) in [7, 11) is 0. The molecule has 0 radical (unpaired) electrons. The first kappa shape index (κ1) is 15.6. The van der Waals surface area contributed by atoms with E-state index in [1.807, 2.05) is 0 Å². The van der Waals surface area contributed by atoms with Crippen LogP contribution in [0.25, 0.3) is 0 Å². The maximum Gasteiger partial charge on any atom is 0.285 e. The van der Waals surface area contributed by atoms with Crippen LogP contribution in [0.4, 0.5) is 14.5 Å². The number of carbonyl (C=O) groups is 1. The molecule has 0 spiro atoms. The Kier molecular flexibility index (Phi) is 5.15. The van der Waals surface area contributed by atoms with Gasteiger partial charge in [-0.05, 0) is 12.5 Å². The van der Waals surface area contributed by atoms with Gasteiger partial charge >= 0.3 is 0 Å². The molecule has 1 amide bonds. The number of halogens is 2. The second-order valence-corrected chi connectivity index (χ2v) is 4.03. The molecule has 0 saturated heterocycles. The van der Waals surface area contributed by atoms with Gasteiger partial charge < -0.3 is 5.32 Å². The molecule has 0 aliphatic carbocycles. The highest BCUT2D eigenvalue weighted by Crippen LogP contribution is 2.22. The third-order valence-electron chi connectivity index (χ3n) is 2.67. The van der Waals surface area contributed by atoms with Crippen LogP contribution in [0.5, 0.6) is 0 Å². The Balaban J connectivity index is 3.12. The summed E-state index contributed by atoms with van der Waals surface area (Å²) in [5.74, 6) is -1.23. The number of nitrogens with one attached hydrogen (secondary N) is 1. The summed E-state index contributed by atoms with van der Waals surface area (Å²) in [4.78, 5) is 21.7. The van der Waals surface area contributed by atoms with Gasteiger partial charge in [0.1, 0.15) is 5.56 Å². The van der Waals surface area contributed by atoms with Crippen molar-refractivity contribution in [1.82, 2.24) is 5.32 Å². The summed E-state index contributed by atoms with van der Waals surface area (Å²) in [6, 6.07) is 0.498. The van der Waals surface area contributed by atoms with Crippen LogP contribution < -0.4 is 5.32 Å². The number of benzene rings is 1. The van der Waals surface area contributed by atoms with Gasteiger partial charge in [0.15, 0.2) is 11.6 Å². The molecule has 106 valence electrons. The molecular formula is C13H12F2N2O3. The number of terminal acetylenes is 1. The molecule has 0 heterocycles. The highest BCUT2D eigenvalue weighted by Gasteiger charge is 2.25. The molecule has 0 aliphatic heterocycles. The zero-order valence-electron chi connectivity index (χ0n) is 10.7. The molecule has 0 aromatic heterocycles. The monoisotopic (exact) mass is 282 g/mol. The summed E-state index contributed by atoms with van der Waals surface area (Å²) in [6.45, 7) is 1.77. The number of nitro benzene ring substituents is 1. The molecule has 1 atom stereocenters. The van der Waals surface area contributed by atoms with E-state index in [0.29, 0.717) is 18.6 Å². The quantitative estimate of drug-likeness (QED) is 0.512. The number of nitro groups is 1. The summed E-state index contributed by atoms with van der Waals surface area (Å²) < 4.78 is 26.1. The lowest BCUT2D eigenvalue weighted by molar-refractivity contribution is -0.385. The van der Waals surface area contributed by atoms with Crippen molar-refractivity contribution in [1.29, 1.82) is 0 Å². The van der Waals surface area contributed by atoms with E-state index in [1.54, 1.807) is 6.92 Å². The Hall–Kier alpha value is -2.49. The molecular weight excluding hydrogens is 270 g/mol. The van der Waals surface area contributed by atoms with Gasteiger partial charge in [-0.3, -0.25) is 14.9 Å². The standard InChI is InChI=1S/C13H12F2N2O3/c1-3-5-8(4-2)16-13(18)9-6-10(14)11(15)7-12(9)17(19)20/h1,6-8H,4-5H2,2H3,(H,16,18). The molecule has 0 aliphatic rings. The van der Waals surface area contributed by atoms with E-state index in [4.69, 9.17) is 6.42 Å². The zero-order chi connectivity index (χ0) is 15.3. The van der Waals surface area contributed by atoms with Crippen LogP contribution in [0.1, 0.15) is 30.1 Å². The first-order valence-electron chi connectivity index (χ1n) is 5.78. The van der Waals surface area contributed by atoms with E-state index in [0.717, 1.165) is 0 Å². The van der Waals surface area contributed by atoms with Gasteiger partial charge in [-0.1, -0.05) is 6.92 Å². The van der Waals surface area contributed by atoms with Crippen LogP contribution in [-0.2, 0) is 0 Å². The topological polar surface area (TPSA) is 72.2 Å². The fraction of sp³-hybridized carbons (Fsp3) is 0.308. The van der Waals surface area contributed by atoms with E-state index >= 15 is 0 Å². The third kappa shape index (κ3) is 3.51. The number of hydrogen-bond donors (Lipinski definition) is 1. The van der Waals surface area contributed by atoms with E-state index in [2.05, 4.69) is 11.2 Å². The highest BCUT2D eigenvalue weighted by atomic mass is 19.2. The van der Waals surface area contributed by atoms with Gasteiger partial charge in [-0.15, -0.1) is 12.3 Å². The minimum absolute atomic E-state index is 0.236. The summed E-state index contributed by atoms with van der Waals surface area (Å²) >= 11 is 0. The predicted molar refractivity (Wildman–Crippen MR) is 68.0 cm³/mol. The lowest BCUT2D eigenvalue weighted by Gasteiger charge is -2.14. The van der Waals surface area contributed by atoms with Crippen molar-refractivity contribution in [2.75, 3.05) is 0 Å². The van der Waals surface area contributed by atoms with Crippen molar-refractivity contribution in [3.63, 3.8) is 0 Å². The molecule has 1 N–H and O–H groups in total. The minimum atomic E-state index is -1.39. The molecule has 0 saturated carbocycles. The van der Waals surface area contributed by atoms with Crippen molar-refractivity contribution in [2.45, 2.75) is 25.8 Å². The Labute approximate surface area is 114 Å². The van der Waals surface area contributed by atoms with Crippen molar-refractivity contribution in [3.8, 4) is 12.3 Å². The molecule has 1 aromatic carbocycles. The van der Waals surface area contributed by atoms with Crippen LogP contribution in [0.3, 0.4) is 0 Å². The number of hydrogen-bond acceptors (Lipinski definition) is 3. The van der Waals surface area contributed by atoms with Crippen molar-refractivity contribution >= 4 is 11.6 Å². The molecule has 20 heavy (non-hydrogen) atoms. The molecule has 0 fully saturated rings. The fourth-order valence-corrected chi connectivity index (χ4v) is 1.57. The maximum absolute atomic E-state index is 13.1. The highest BCUT2D eigenvalue weighted by molar-refractivity contribution is 5.98. The molecule has 0 bridgehead atoms. The summed E-state index contributed by atoms with van der Waals surface area (Å²) in [5, 5.41) is 13.2. The Morgan fingerprint density at radius 1 is 1.50 bits per heavy atom. The number of amides is 1. The summed E-state index contributed by atoms with van der Waals surface area (Å²) in [5.41, 5.74) is -1.33. The molecule has 1 aromatic rings. The van der Waals surface area contributed by atoms with E-state index in [-0.39, 0.29) is 12.5 Å². The average Bonchev–Trinajstić information content (AvgIpc) is 2.40. The SMILES string of the molecule is C#CCC(CC)NC(=O)c1cc(F)c(F)cc1[N+](=O)[O-]. The van der Waals surface area contributed by atoms with Crippen molar-refractivity contribution in [2.24, 2.45) is 0 Å². The van der Waals surface area contributed by atoms with Gasteiger partial charge in [0.25, 0.3) is 11.6 Å². The van der Waals surface area contributed by atoms with Gasteiger partial charge in [0, 0.05) is 12.5 Å². The van der Waals surface area contributed by atoms with Crippen LogP contribution >= 0.6 is 0 Å². The minimum Gasteiger partial charge on any atom is -0.348 e. The predicted octanol–water partition coefficient (Wildman–Crippen LogP) is 2.40. The zero-order valence-corrected chi connectivity index (χ0v) is 10.7. The first-order chi connectivity index (χ1) is 9.40. The van der Waals surface area contributed by atoms with Gasteiger partial charge in [-0.2, -0.15) is 0 Å². The fourth-order valence-electron chi connectivity index (χ4n) is 1.57. The number of carbonyl (C=O) groups excluding carboxylic acids is 1. The summed E-state index contributed by atoms with van der Waals surface area (Å²) in [6.07, 6.45) is 5.87. The molecule has 5 nitrogen and oxygen atoms in total. The van der Waals surface area contributed by atoms with Gasteiger partial charge in [-0.25, -0.2) is 8.78 Å². The Bertz CT molecular complexity index is 582. The average molecular weight is 282 g/mol. The molecule has 1 unspecified atom stereocenters. The van der Waals surface area contributed by atoms with Crippen LogP contribution in [-0.4, -0.2) is 16.9 Å². The Morgan fingerprint density at radius 3 is 2.60 bits per heavy atom. The first-order valence-corrected chi connectivity index (χ1v) is 5.78. The van der Waals surface area contributed by atoms with Crippen LogP contribution in [0, 0.1) is 34.1 Å². The van der Waals surface area contributed by atoms with E-state index in [1.165, 1.54) is 0 Å². The smallest absolute Gasteiger partial charge is 0.285 e. The van der Waals surface area contributed by atoms with Gasteiger partial charge in [0.2, 0.25) is 0 Å².